The van der Waals surface area contributed by atoms with Crippen molar-refractivity contribution < 1.29 is 4.79 Å². The summed E-state index contributed by atoms with van der Waals surface area (Å²) in [7, 11) is 0. The highest BCUT2D eigenvalue weighted by Gasteiger charge is 2.38. The number of hydrogen-bond acceptors (Lipinski definition) is 2. The van der Waals surface area contributed by atoms with Crippen molar-refractivity contribution in [2.45, 2.75) is 12.8 Å². The van der Waals surface area contributed by atoms with Gasteiger partial charge in [0.05, 0.1) is 10.6 Å². The first kappa shape index (κ1) is 11.5. The molecule has 0 aliphatic heterocycles. The van der Waals surface area contributed by atoms with E-state index < -0.39 is 0 Å². The standard InChI is InChI=1S/C14H13ClN2O/c15-12-7-2-1-5-11(12)14(18)17-16-13-8-9-4-3-6-10(9)13/h1-5,7,9-10H,6,8H2,(H,17,18). The maximum atomic E-state index is 11.9. The van der Waals surface area contributed by atoms with Crippen LogP contribution < -0.4 is 5.43 Å². The van der Waals surface area contributed by atoms with Crippen LogP contribution in [0.4, 0.5) is 0 Å². The highest BCUT2D eigenvalue weighted by molar-refractivity contribution is 6.33. The molecule has 1 saturated carbocycles. The number of halogens is 1. The molecule has 2 aliphatic carbocycles. The van der Waals surface area contributed by atoms with Crippen LogP contribution in [0.1, 0.15) is 23.2 Å². The van der Waals surface area contributed by atoms with Gasteiger partial charge in [-0.1, -0.05) is 35.9 Å². The Kier molecular flexibility index (Phi) is 2.92. The Morgan fingerprint density at radius 1 is 1.39 bits per heavy atom. The summed E-state index contributed by atoms with van der Waals surface area (Å²) < 4.78 is 0. The van der Waals surface area contributed by atoms with Crippen molar-refractivity contribution in [3.63, 3.8) is 0 Å². The molecular weight excluding hydrogens is 248 g/mol. The zero-order valence-electron chi connectivity index (χ0n) is 9.77. The Morgan fingerprint density at radius 3 is 3.00 bits per heavy atom. The van der Waals surface area contributed by atoms with Gasteiger partial charge in [0.25, 0.3) is 5.91 Å². The van der Waals surface area contributed by atoms with E-state index in [1.54, 1.807) is 24.3 Å². The van der Waals surface area contributed by atoms with Gasteiger partial charge in [0, 0.05) is 11.6 Å². The lowest BCUT2D eigenvalue weighted by Crippen LogP contribution is -2.35. The summed E-state index contributed by atoms with van der Waals surface area (Å²) in [6.07, 6.45) is 6.43. The van der Waals surface area contributed by atoms with Crippen LogP contribution in [0.15, 0.2) is 41.5 Å². The highest BCUT2D eigenvalue weighted by atomic mass is 35.5. The second-order valence-corrected chi connectivity index (χ2v) is 5.07. The third kappa shape index (κ3) is 1.95. The summed E-state index contributed by atoms with van der Waals surface area (Å²) in [6.45, 7) is 0. The number of hydrazone groups is 1. The molecule has 2 aliphatic rings. The first-order chi connectivity index (χ1) is 8.75. The molecule has 0 spiro atoms. The predicted molar refractivity (Wildman–Crippen MR) is 71.7 cm³/mol. The van der Waals surface area contributed by atoms with Gasteiger partial charge >= 0.3 is 0 Å². The van der Waals surface area contributed by atoms with Crippen LogP contribution in [-0.4, -0.2) is 11.6 Å². The van der Waals surface area contributed by atoms with Gasteiger partial charge in [0.15, 0.2) is 0 Å². The van der Waals surface area contributed by atoms with Crippen LogP contribution >= 0.6 is 11.6 Å². The lowest BCUT2D eigenvalue weighted by Gasteiger charge is -2.31. The molecule has 3 rings (SSSR count). The number of nitrogens with zero attached hydrogens (tertiary/aromatic N) is 1. The van der Waals surface area contributed by atoms with Crippen molar-refractivity contribution in [2.24, 2.45) is 16.9 Å². The van der Waals surface area contributed by atoms with E-state index in [4.69, 9.17) is 11.6 Å². The molecule has 18 heavy (non-hydrogen) atoms. The number of allylic oxidation sites excluding steroid dienone is 2. The molecule has 0 bridgehead atoms. The summed E-state index contributed by atoms with van der Waals surface area (Å²) in [6, 6.07) is 6.97. The largest absolute Gasteiger partial charge is 0.272 e. The van der Waals surface area contributed by atoms with E-state index in [1.165, 1.54) is 0 Å². The minimum absolute atomic E-state index is 0.248. The van der Waals surface area contributed by atoms with Crippen molar-refractivity contribution >= 4 is 23.2 Å². The molecule has 0 saturated heterocycles. The van der Waals surface area contributed by atoms with E-state index in [0.29, 0.717) is 22.4 Å². The Bertz CT molecular complexity index is 550. The van der Waals surface area contributed by atoms with Crippen molar-refractivity contribution in [3.8, 4) is 0 Å². The quantitative estimate of drug-likeness (QED) is 0.645. The van der Waals surface area contributed by atoms with Gasteiger partial charge in [0.1, 0.15) is 0 Å². The first-order valence-electron chi connectivity index (χ1n) is 6.03. The minimum Gasteiger partial charge on any atom is -0.267 e. The summed E-state index contributed by atoms with van der Waals surface area (Å²) in [5.74, 6) is 0.903. The van der Waals surface area contributed by atoms with E-state index in [9.17, 15) is 4.79 Å². The summed E-state index contributed by atoms with van der Waals surface area (Å²) >= 11 is 5.95. The first-order valence-corrected chi connectivity index (χ1v) is 6.41. The molecule has 2 unspecified atom stereocenters. The summed E-state index contributed by atoms with van der Waals surface area (Å²) in [5, 5.41) is 4.66. The summed E-state index contributed by atoms with van der Waals surface area (Å²) in [5.41, 5.74) is 4.14. The van der Waals surface area contributed by atoms with Crippen molar-refractivity contribution in [1.29, 1.82) is 0 Å². The number of amides is 1. The highest BCUT2D eigenvalue weighted by Crippen LogP contribution is 2.40. The molecule has 1 aromatic rings. The van der Waals surface area contributed by atoms with Gasteiger partial charge in [0.2, 0.25) is 0 Å². The smallest absolute Gasteiger partial charge is 0.267 e. The van der Waals surface area contributed by atoms with Crippen LogP contribution in [0.2, 0.25) is 5.02 Å². The Hall–Kier alpha value is -1.61. The molecule has 92 valence electrons. The molecule has 0 radical (unpaired) electrons. The Labute approximate surface area is 111 Å². The second-order valence-electron chi connectivity index (χ2n) is 4.66. The molecule has 2 atom stereocenters. The number of carbonyl (C=O) groups excluding carboxylic acids is 1. The van der Waals surface area contributed by atoms with Gasteiger partial charge in [-0.25, -0.2) is 5.43 Å². The molecule has 4 heteroatoms. The Morgan fingerprint density at radius 2 is 2.22 bits per heavy atom. The molecule has 1 amide bonds. The SMILES string of the molecule is O=C(NN=C1CC2C=CCC12)c1ccccc1Cl. The third-order valence-electron chi connectivity index (χ3n) is 3.58. The summed E-state index contributed by atoms with van der Waals surface area (Å²) in [4.78, 5) is 11.9. The number of rotatable bonds is 2. The normalized spacial score (nSPS) is 26.8. The predicted octanol–water partition coefficient (Wildman–Crippen LogP) is 3.02. The number of nitrogens with one attached hydrogen (secondary N) is 1. The van der Waals surface area contributed by atoms with Gasteiger partial charge in [-0.05, 0) is 30.9 Å². The molecule has 1 N–H and O–H groups in total. The Balaban J connectivity index is 1.66. The fraction of sp³-hybridized carbons (Fsp3) is 0.286. The van der Waals surface area contributed by atoms with E-state index in [-0.39, 0.29) is 5.91 Å². The van der Waals surface area contributed by atoms with Gasteiger partial charge in [-0.2, -0.15) is 5.10 Å². The van der Waals surface area contributed by atoms with Crippen molar-refractivity contribution in [3.05, 3.63) is 47.0 Å². The van der Waals surface area contributed by atoms with Crippen LogP contribution in [0.5, 0.6) is 0 Å². The van der Waals surface area contributed by atoms with Gasteiger partial charge in [-0.15, -0.1) is 0 Å². The maximum Gasteiger partial charge on any atom is 0.272 e. The number of fused-ring (bicyclic) bond motifs is 1. The third-order valence-corrected chi connectivity index (χ3v) is 3.91. The monoisotopic (exact) mass is 260 g/mol. The number of carbonyl (C=O) groups is 1. The van der Waals surface area contributed by atoms with Crippen molar-refractivity contribution in [1.82, 2.24) is 5.43 Å². The van der Waals surface area contributed by atoms with Crippen molar-refractivity contribution in [2.75, 3.05) is 0 Å². The molecular formula is C14H13ClN2O. The fourth-order valence-electron chi connectivity index (χ4n) is 2.49. The number of benzene rings is 1. The molecule has 0 heterocycles. The zero-order chi connectivity index (χ0) is 12.5. The molecule has 1 fully saturated rings. The molecule has 0 aromatic heterocycles. The van der Waals surface area contributed by atoms with Crippen LogP contribution in [0.25, 0.3) is 0 Å². The lowest BCUT2D eigenvalue weighted by molar-refractivity contribution is 0.0954. The van der Waals surface area contributed by atoms with Gasteiger partial charge in [-0.3, -0.25) is 4.79 Å². The van der Waals surface area contributed by atoms with Crippen LogP contribution in [0.3, 0.4) is 0 Å². The lowest BCUT2D eigenvalue weighted by atomic mass is 9.74. The van der Waals surface area contributed by atoms with E-state index in [2.05, 4.69) is 22.7 Å². The average molecular weight is 261 g/mol. The second kappa shape index (κ2) is 4.58. The average Bonchev–Trinajstić information content (AvgIpc) is 2.71. The topological polar surface area (TPSA) is 41.5 Å². The van der Waals surface area contributed by atoms with E-state index in [0.717, 1.165) is 18.6 Å². The van der Waals surface area contributed by atoms with E-state index in [1.807, 2.05) is 0 Å². The van der Waals surface area contributed by atoms with Gasteiger partial charge < -0.3 is 0 Å². The molecule has 3 nitrogen and oxygen atoms in total. The van der Waals surface area contributed by atoms with Crippen LogP contribution in [-0.2, 0) is 0 Å². The fourth-order valence-corrected chi connectivity index (χ4v) is 2.71. The zero-order valence-corrected chi connectivity index (χ0v) is 10.5. The molecule has 1 aromatic carbocycles. The minimum atomic E-state index is -0.248. The maximum absolute atomic E-state index is 11.9. The number of hydrogen-bond donors (Lipinski definition) is 1. The van der Waals surface area contributed by atoms with Crippen LogP contribution in [0, 0.1) is 11.8 Å². The van der Waals surface area contributed by atoms with E-state index >= 15 is 0 Å².